The lowest BCUT2D eigenvalue weighted by molar-refractivity contribution is 0.121. The summed E-state index contributed by atoms with van der Waals surface area (Å²) in [5.74, 6) is 0.640. The summed E-state index contributed by atoms with van der Waals surface area (Å²) >= 11 is 0. The number of likely N-dealkylation sites (N-methyl/N-ethyl adjacent to an activating group) is 1. The summed E-state index contributed by atoms with van der Waals surface area (Å²) in [6, 6.07) is 7.16. The molecular weight excluding hydrogens is 251 g/mol. The molecule has 0 aromatic heterocycles. The zero-order chi connectivity index (χ0) is 14.5. The van der Waals surface area contributed by atoms with Gasteiger partial charge in [0.25, 0.3) is 0 Å². The molecule has 0 amide bonds. The fourth-order valence-electron chi connectivity index (χ4n) is 3.06. The standard InChI is InChI=1S/C17H27FN2/c1-3-16(19)17(14-8-10-15(18)11-9-14)20(4-2)12-13-6-5-7-13/h8-11,13,16-17H,3-7,12,19H2,1-2H3. The normalized spacial score (nSPS) is 18.9. The van der Waals surface area contributed by atoms with Gasteiger partial charge in [-0.25, -0.2) is 4.39 Å². The average molecular weight is 278 g/mol. The van der Waals surface area contributed by atoms with Crippen LogP contribution in [-0.4, -0.2) is 24.0 Å². The van der Waals surface area contributed by atoms with Crippen LogP contribution >= 0.6 is 0 Å². The lowest BCUT2D eigenvalue weighted by Crippen LogP contribution is -2.43. The maximum atomic E-state index is 13.1. The van der Waals surface area contributed by atoms with Crippen LogP contribution in [0.25, 0.3) is 0 Å². The van der Waals surface area contributed by atoms with E-state index < -0.39 is 0 Å². The Kier molecular flexibility index (Phi) is 5.55. The second-order valence-corrected chi connectivity index (χ2v) is 5.95. The molecule has 0 saturated heterocycles. The smallest absolute Gasteiger partial charge is 0.123 e. The van der Waals surface area contributed by atoms with Gasteiger partial charge in [0.15, 0.2) is 0 Å². The Bertz CT molecular complexity index is 400. The third kappa shape index (κ3) is 3.58. The number of nitrogens with zero attached hydrogens (tertiary/aromatic N) is 1. The van der Waals surface area contributed by atoms with Gasteiger partial charge in [-0.1, -0.05) is 32.4 Å². The highest BCUT2D eigenvalue weighted by Gasteiger charge is 2.28. The third-order valence-electron chi connectivity index (χ3n) is 4.61. The molecule has 1 aromatic carbocycles. The van der Waals surface area contributed by atoms with Crippen molar-refractivity contribution in [3.63, 3.8) is 0 Å². The van der Waals surface area contributed by atoms with Crippen molar-refractivity contribution in [3.8, 4) is 0 Å². The van der Waals surface area contributed by atoms with Crippen LogP contribution in [0.1, 0.15) is 51.1 Å². The van der Waals surface area contributed by atoms with Crippen molar-refractivity contribution < 1.29 is 4.39 Å². The minimum atomic E-state index is -0.181. The van der Waals surface area contributed by atoms with Crippen LogP contribution < -0.4 is 5.73 Å². The van der Waals surface area contributed by atoms with Crippen LogP contribution in [0.5, 0.6) is 0 Å². The number of benzene rings is 1. The second kappa shape index (κ2) is 7.19. The van der Waals surface area contributed by atoms with Gasteiger partial charge >= 0.3 is 0 Å². The molecule has 0 aliphatic heterocycles. The van der Waals surface area contributed by atoms with E-state index in [0.717, 1.165) is 31.0 Å². The van der Waals surface area contributed by atoms with Crippen LogP contribution in [-0.2, 0) is 0 Å². The van der Waals surface area contributed by atoms with Crippen molar-refractivity contribution in [2.24, 2.45) is 11.7 Å². The minimum absolute atomic E-state index is 0.0977. The molecule has 2 nitrogen and oxygen atoms in total. The lowest BCUT2D eigenvalue weighted by Gasteiger charge is -2.39. The van der Waals surface area contributed by atoms with Crippen molar-refractivity contribution in [3.05, 3.63) is 35.6 Å². The zero-order valence-corrected chi connectivity index (χ0v) is 12.7. The molecule has 1 aromatic rings. The Hall–Kier alpha value is -0.930. The second-order valence-electron chi connectivity index (χ2n) is 5.95. The van der Waals surface area contributed by atoms with E-state index in [1.165, 1.54) is 19.3 Å². The molecule has 0 spiro atoms. The van der Waals surface area contributed by atoms with Gasteiger partial charge in [-0.15, -0.1) is 0 Å². The Morgan fingerprint density at radius 3 is 2.35 bits per heavy atom. The molecule has 2 N–H and O–H groups in total. The molecule has 1 aliphatic rings. The Labute approximate surface area is 122 Å². The molecule has 0 bridgehead atoms. The topological polar surface area (TPSA) is 29.3 Å². The van der Waals surface area contributed by atoms with Gasteiger partial charge in [0.05, 0.1) is 0 Å². The van der Waals surface area contributed by atoms with Crippen LogP contribution in [0.15, 0.2) is 24.3 Å². The summed E-state index contributed by atoms with van der Waals surface area (Å²) in [5, 5.41) is 0. The van der Waals surface area contributed by atoms with Gasteiger partial charge in [0.2, 0.25) is 0 Å². The van der Waals surface area contributed by atoms with E-state index in [4.69, 9.17) is 5.73 Å². The van der Waals surface area contributed by atoms with Crippen molar-refractivity contribution in [2.45, 2.75) is 51.6 Å². The van der Waals surface area contributed by atoms with Crippen molar-refractivity contribution in [2.75, 3.05) is 13.1 Å². The fourth-order valence-corrected chi connectivity index (χ4v) is 3.06. The zero-order valence-electron chi connectivity index (χ0n) is 12.7. The van der Waals surface area contributed by atoms with Crippen LogP contribution in [0, 0.1) is 11.7 Å². The highest BCUT2D eigenvalue weighted by atomic mass is 19.1. The molecule has 2 rings (SSSR count). The maximum absolute atomic E-state index is 13.1. The Balaban J connectivity index is 2.17. The number of rotatable bonds is 7. The Morgan fingerprint density at radius 1 is 1.25 bits per heavy atom. The van der Waals surface area contributed by atoms with E-state index in [2.05, 4.69) is 18.7 Å². The van der Waals surface area contributed by atoms with Gasteiger partial charge in [-0.2, -0.15) is 0 Å². The van der Waals surface area contributed by atoms with E-state index in [0.29, 0.717) is 0 Å². The Morgan fingerprint density at radius 2 is 1.90 bits per heavy atom. The molecule has 3 heteroatoms. The highest BCUT2D eigenvalue weighted by Crippen LogP contribution is 2.32. The predicted octanol–water partition coefficient (Wildman–Crippen LogP) is 3.73. The van der Waals surface area contributed by atoms with E-state index >= 15 is 0 Å². The van der Waals surface area contributed by atoms with Crippen LogP contribution in [0.3, 0.4) is 0 Å². The SMILES string of the molecule is CCC(N)C(c1ccc(F)cc1)N(CC)CC1CCC1. The first-order valence-electron chi connectivity index (χ1n) is 7.90. The molecule has 0 radical (unpaired) electrons. The largest absolute Gasteiger partial charge is 0.326 e. The fraction of sp³-hybridized carbons (Fsp3) is 0.647. The van der Waals surface area contributed by atoms with E-state index in [-0.39, 0.29) is 17.9 Å². The van der Waals surface area contributed by atoms with Gasteiger partial charge in [0.1, 0.15) is 5.82 Å². The molecule has 1 aliphatic carbocycles. The van der Waals surface area contributed by atoms with Crippen LogP contribution in [0.2, 0.25) is 0 Å². The summed E-state index contributed by atoms with van der Waals surface area (Å²) in [7, 11) is 0. The van der Waals surface area contributed by atoms with Crippen molar-refractivity contribution >= 4 is 0 Å². The van der Waals surface area contributed by atoms with Crippen molar-refractivity contribution in [1.29, 1.82) is 0 Å². The molecule has 0 heterocycles. The first kappa shape index (κ1) is 15.5. The van der Waals surface area contributed by atoms with Gasteiger partial charge in [0, 0.05) is 18.6 Å². The maximum Gasteiger partial charge on any atom is 0.123 e. The minimum Gasteiger partial charge on any atom is -0.326 e. The van der Waals surface area contributed by atoms with E-state index in [9.17, 15) is 4.39 Å². The first-order chi connectivity index (χ1) is 9.65. The van der Waals surface area contributed by atoms with Crippen LogP contribution in [0.4, 0.5) is 4.39 Å². The average Bonchev–Trinajstić information content (AvgIpc) is 2.42. The summed E-state index contributed by atoms with van der Waals surface area (Å²) in [4.78, 5) is 2.48. The molecule has 1 saturated carbocycles. The summed E-state index contributed by atoms with van der Waals surface area (Å²) < 4.78 is 13.1. The predicted molar refractivity (Wildman–Crippen MR) is 82.0 cm³/mol. The molecule has 20 heavy (non-hydrogen) atoms. The van der Waals surface area contributed by atoms with Gasteiger partial charge < -0.3 is 5.73 Å². The lowest BCUT2D eigenvalue weighted by atomic mass is 9.84. The number of hydrogen-bond donors (Lipinski definition) is 1. The van der Waals surface area contributed by atoms with Crippen molar-refractivity contribution in [1.82, 2.24) is 4.90 Å². The first-order valence-corrected chi connectivity index (χ1v) is 7.90. The van der Waals surface area contributed by atoms with Gasteiger partial charge in [-0.05, 0) is 49.4 Å². The summed E-state index contributed by atoms with van der Waals surface area (Å²) in [6.07, 6.45) is 4.98. The molecule has 112 valence electrons. The number of nitrogens with two attached hydrogens (primary N) is 1. The highest BCUT2D eigenvalue weighted by molar-refractivity contribution is 5.21. The summed E-state index contributed by atoms with van der Waals surface area (Å²) in [6.45, 7) is 6.43. The number of hydrogen-bond acceptors (Lipinski definition) is 2. The van der Waals surface area contributed by atoms with E-state index in [1.807, 2.05) is 12.1 Å². The molecule has 2 atom stereocenters. The van der Waals surface area contributed by atoms with E-state index in [1.54, 1.807) is 12.1 Å². The molecule has 2 unspecified atom stereocenters. The molecular formula is C17H27FN2. The van der Waals surface area contributed by atoms with Gasteiger partial charge in [-0.3, -0.25) is 4.90 Å². The quantitative estimate of drug-likeness (QED) is 0.823. The third-order valence-corrected chi connectivity index (χ3v) is 4.61. The number of halogens is 1. The monoisotopic (exact) mass is 278 g/mol. The molecule has 1 fully saturated rings. The summed E-state index contributed by atoms with van der Waals surface area (Å²) in [5.41, 5.74) is 7.50.